The number of para-hydroxylation sites is 2. The van der Waals surface area contributed by atoms with Crippen LogP contribution in [0, 0.1) is 0 Å². The van der Waals surface area contributed by atoms with Crippen molar-refractivity contribution in [2.24, 2.45) is 0 Å². The maximum Gasteiger partial charge on any atom is 0.291 e. The lowest BCUT2D eigenvalue weighted by molar-refractivity contribution is 0.0991. The highest BCUT2D eigenvalue weighted by molar-refractivity contribution is 7.89. The molecule has 4 aromatic rings. The number of sulfonamides is 1. The number of nitrogens with zero attached hydrogens (tertiary/aromatic N) is 4. The number of amides is 1. The Morgan fingerprint density at radius 1 is 0.969 bits per heavy atom. The lowest BCUT2D eigenvalue weighted by Gasteiger charge is -2.24. The molecular formula is C22H21N5O4S. The van der Waals surface area contributed by atoms with Crippen LogP contribution in [0.3, 0.4) is 0 Å². The van der Waals surface area contributed by atoms with Gasteiger partial charge in [0.2, 0.25) is 5.09 Å². The Hall–Kier alpha value is -3.50. The molecule has 1 aliphatic rings. The summed E-state index contributed by atoms with van der Waals surface area (Å²) in [7, 11) is -3.73. The molecule has 1 saturated heterocycles. The van der Waals surface area contributed by atoms with Crippen LogP contribution in [-0.2, 0) is 10.0 Å². The predicted molar refractivity (Wildman–Crippen MR) is 118 cm³/mol. The Balaban J connectivity index is 1.30. The summed E-state index contributed by atoms with van der Waals surface area (Å²) in [6.45, 7) is 0.934. The van der Waals surface area contributed by atoms with E-state index in [1.54, 1.807) is 18.5 Å². The first-order valence-corrected chi connectivity index (χ1v) is 11.8. The van der Waals surface area contributed by atoms with Crippen molar-refractivity contribution in [2.45, 2.75) is 24.4 Å². The minimum absolute atomic E-state index is 0.0785. The monoisotopic (exact) mass is 451 g/mol. The van der Waals surface area contributed by atoms with Crippen molar-refractivity contribution in [3.8, 4) is 5.82 Å². The molecule has 0 radical (unpaired) electrons. The Labute approximate surface area is 184 Å². The second kappa shape index (κ2) is 8.21. The second-order valence-electron chi connectivity index (χ2n) is 7.55. The van der Waals surface area contributed by atoms with Crippen LogP contribution < -0.4 is 5.32 Å². The van der Waals surface area contributed by atoms with Gasteiger partial charge in [-0.2, -0.15) is 4.31 Å². The smallest absolute Gasteiger partial charge is 0.291 e. The molecule has 0 spiro atoms. The molecule has 4 heterocycles. The topological polar surface area (TPSA) is 110 Å². The minimum atomic E-state index is -3.73. The van der Waals surface area contributed by atoms with E-state index in [1.165, 1.54) is 22.6 Å². The second-order valence-corrected chi connectivity index (χ2v) is 9.41. The quantitative estimate of drug-likeness (QED) is 0.498. The van der Waals surface area contributed by atoms with Crippen molar-refractivity contribution in [3.05, 3.63) is 66.8 Å². The van der Waals surface area contributed by atoms with Gasteiger partial charge >= 0.3 is 0 Å². The number of aromatic nitrogens is 3. The zero-order chi connectivity index (χ0) is 22.1. The molecule has 0 aliphatic carbocycles. The number of piperidine rings is 1. The summed E-state index contributed by atoms with van der Waals surface area (Å²) in [6.07, 6.45) is 5.88. The maximum absolute atomic E-state index is 12.7. The van der Waals surface area contributed by atoms with Gasteiger partial charge in [0.25, 0.3) is 15.9 Å². The molecule has 0 saturated carbocycles. The largest absolute Gasteiger partial charge is 0.438 e. The molecule has 164 valence electrons. The zero-order valence-corrected chi connectivity index (χ0v) is 18.0. The van der Waals surface area contributed by atoms with E-state index < -0.39 is 15.9 Å². The predicted octanol–water partition coefficient (Wildman–Crippen LogP) is 3.44. The van der Waals surface area contributed by atoms with E-state index in [2.05, 4.69) is 15.3 Å². The van der Waals surface area contributed by atoms with Crippen LogP contribution in [0.5, 0.6) is 0 Å². The Kier molecular flexibility index (Phi) is 5.24. The molecule has 1 N–H and O–H groups in total. The molecule has 3 aromatic heterocycles. The summed E-state index contributed by atoms with van der Waals surface area (Å²) in [5.41, 5.74) is 2.25. The third-order valence-electron chi connectivity index (χ3n) is 5.42. The molecule has 1 aliphatic heterocycles. The number of rotatable bonds is 5. The van der Waals surface area contributed by atoms with E-state index in [1.807, 2.05) is 28.8 Å². The van der Waals surface area contributed by atoms with Crippen LogP contribution in [0.4, 0.5) is 5.69 Å². The van der Waals surface area contributed by atoms with Crippen LogP contribution in [0.2, 0.25) is 0 Å². The fourth-order valence-electron chi connectivity index (χ4n) is 3.75. The number of pyridine rings is 1. The first kappa shape index (κ1) is 20.4. The van der Waals surface area contributed by atoms with Crippen LogP contribution >= 0.6 is 0 Å². The molecule has 1 amide bonds. The third-order valence-corrected chi connectivity index (χ3v) is 7.19. The summed E-state index contributed by atoms with van der Waals surface area (Å²) in [4.78, 5) is 21.3. The average Bonchev–Trinajstić information content (AvgIpc) is 3.49. The van der Waals surface area contributed by atoms with E-state index in [4.69, 9.17) is 4.42 Å². The Morgan fingerprint density at radius 2 is 1.78 bits per heavy atom. The zero-order valence-electron chi connectivity index (χ0n) is 17.1. The van der Waals surface area contributed by atoms with Crippen molar-refractivity contribution in [2.75, 3.05) is 18.4 Å². The summed E-state index contributed by atoms with van der Waals surface area (Å²) in [5, 5.41) is 2.47. The number of imidazole rings is 1. The number of hydrogen-bond acceptors (Lipinski definition) is 6. The molecule has 0 atom stereocenters. The van der Waals surface area contributed by atoms with E-state index in [0.29, 0.717) is 24.6 Å². The van der Waals surface area contributed by atoms with Crippen LogP contribution in [0.25, 0.3) is 16.9 Å². The van der Waals surface area contributed by atoms with Gasteiger partial charge in [0.1, 0.15) is 12.1 Å². The van der Waals surface area contributed by atoms with Gasteiger partial charge in [0.15, 0.2) is 5.76 Å². The Bertz CT molecular complexity index is 1370. The maximum atomic E-state index is 12.7. The van der Waals surface area contributed by atoms with E-state index >= 15 is 0 Å². The van der Waals surface area contributed by atoms with E-state index in [-0.39, 0.29) is 10.9 Å². The number of carbonyl (C=O) groups is 1. The van der Waals surface area contributed by atoms with Gasteiger partial charge in [0, 0.05) is 13.1 Å². The summed E-state index contributed by atoms with van der Waals surface area (Å²) >= 11 is 0. The third kappa shape index (κ3) is 3.78. The fourth-order valence-corrected chi connectivity index (χ4v) is 5.18. The molecule has 0 unspecified atom stereocenters. The summed E-state index contributed by atoms with van der Waals surface area (Å²) in [6, 6.07) is 13.9. The van der Waals surface area contributed by atoms with Crippen molar-refractivity contribution in [3.63, 3.8) is 0 Å². The minimum Gasteiger partial charge on any atom is -0.438 e. The molecule has 0 bridgehead atoms. The van der Waals surface area contributed by atoms with E-state index in [9.17, 15) is 13.2 Å². The fraction of sp³-hybridized carbons (Fsp3) is 0.227. The molecule has 5 rings (SSSR count). The van der Waals surface area contributed by atoms with Crippen LogP contribution in [0.15, 0.2) is 70.6 Å². The number of carbonyl (C=O) groups excluding carboxylic acids is 1. The standard InChI is InChI=1S/C22H21N5O4S/c28-22(19-9-11-21(31-19)32(29,30)26-12-4-1-5-13-26)25-16-8-10-20(23-14-16)27-15-24-17-6-2-3-7-18(17)27/h2-3,6-11,14-15H,1,4-5,12-13H2,(H,25,28). The first-order valence-electron chi connectivity index (χ1n) is 10.3. The van der Waals surface area contributed by atoms with Crippen molar-refractivity contribution in [1.29, 1.82) is 0 Å². The number of nitrogens with one attached hydrogen (secondary N) is 1. The number of fused-ring (bicyclic) bond motifs is 1. The average molecular weight is 452 g/mol. The highest BCUT2D eigenvalue weighted by atomic mass is 32.2. The molecule has 1 fully saturated rings. The van der Waals surface area contributed by atoms with Gasteiger partial charge in [-0.05, 0) is 49.2 Å². The van der Waals surface area contributed by atoms with Crippen LogP contribution in [0.1, 0.15) is 29.8 Å². The normalized spacial score (nSPS) is 15.1. The molecule has 32 heavy (non-hydrogen) atoms. The number of benzene rings is 1. The summed E-state index contributed by atoms with van der Waals surface area (Å²) in [5.74, 6) is 0.0302. The number of hydrogen-bond donors (Lipinski definition) is 1. The van der Waals surface area contributed by atoms with Gasteiger partial charge in [-0.3, -0.25) is 9.36 Å². The van der Waals surface area contributed by atoms with Crippen molar-refractivity contribution < 1.29 is 17.6 Å². The lowest BCUT2D eigenvalue weighted by atomic mass is 10.2. The first-order chi connectivity index (χ1) is 15.5. The van der Waals surface area contributed by atoms with Gasteiger partial charge < -0.3 is 9.73 Å². The molecule has 9 nitrogen and oxygen atoms in total. The highest BCUT2D eigenvalue weighted by Crippen LogP contribution is 2.23. The van der Waals surface area contributed by atoms with Gasteiger partial charge in [-0.1, -0.05) is 18.6 Å². The van der Waals surface area contributed by atoms with E-state index in [0.717, 1.165) is 30.3 Å². The lowest BCUT2D eigenvalue weighted by Crippen LogP contribution is -2.35. The van der Waals surface area contributed by atoms with Crippen molar-refractivity contribution in [1.82, 2.24) is 18.8 Å². The van der Waals surface area contributed by atoms with Crippen LogP contribution in [-0.4, -0.2) is 46.3 Å². The van der Waals surface area contributed by atoms with Gasteiger partial charge in [0.05, 0.1) is 22.9 Å². The Morgan fingerprint density at radius 3 is 2.56 bits per heavy atom. The number of anilines is 1. The van der Waals surface area contributed by atoms with Crippen molar-refractivity contribution >= 4 is 32.7 Å². The molecule has 10 heteroatoms. The van der Waals surface area contributed by atoms with Gasteiger partial charge in [-0.25, -0.2) is 18.4 Å². The molecular weight excluding hydrogens is 430 g/mol. The number of furan rings is 1. The summed E-state index contributed by atoms with van der Waals surface area (Å²) < 4.78 is 34.1. The van der Waals surface area contributed by atoms with Gasteiger partial charge in [-0.15, -0.1) is 0 Å². The highest BCUT2D eigenvalue weighted by Gasteiger charge is 2.29. The SMILES string of the molecule is O=C(Nc1ccc(-n2cnc3ccccc32)nc1)c1ccc(S(=O)(=O)N2CCCCC2)o1. The molecule has 1 aromatic carbocycles.